The van der Waals surface area contributed by atoms with Crippen molar-refractivity contribution in [3.8, 4) is 0 Å². The Morgan fingerprint density at radius 3 is 3.00 bits per heavy atom. The molecule has 68 valence electrons. The molecule has 3 rings (SSSR count). The van der Waals surface area contributed by atoms with E-state index in [1.165, 1.54) is 21.2 Å². The number of hydrogen-bond acceptors (Lipinski definition) is 2. The van der Waals surface area contributed by atoms with Crippen molar-refractivity contribution in [3.05, 3.63) is 42.0 Å². The van der Waals surface area contributed by atoms with Gasteiger partial charge in [-0.25, -0.2) is 0 Å². The molecule has 2 heteroatoms. The van der Waals surface area contributed by atoms with E-state index in [9.17, 15) is 0 Å². The van der Waals surface area contributed by atoms with Crippen molar-refractivity contribution in [1.82, 2.24) is 0 Å². The maximum Gasteiger partial charge on any atom is 0.0890 e. The highest BCUT2D eigenvalue weighted by Gasteiger charge is 2.08. The Balaban J connectivity index is 2.41. The summed E-state index contributed by atoms with van der Waals surface area (Å²) in [6, 6.07) is 12.8. The van der Waals surface area contributed by atoms with E-state index >= 15 is 0 Å². The lowest BCUT2D eigenvalue weighted by atomic mass is 10.1. The molecule has 0 saturated carbocycles. The molecule has 1 aliphatic heterocycles. The van der Waals surface area contributed by atoms with Gasteiger partial charge in [0.1, 0.15) is 0 Å². The number of fused-ring (bicyclic) bond motifs is 3. The first-order valence-electron chi connectivity index (χ1n) is 4.59. The van der Waals surface area contributed by atoms with Crippen molar-refractivity contribution in [1.29, 1.82) is 0 Å². The SMILES string of the molecule is C1=NCSc2c1ccc1ccccc21. The highest BCUT2D eigenvalue weighted by molar-refractivity contribution is 7.99. The van der Waals surface area contributed by atoms with Crippen molar-refractivity contribution in [2.24, 2.45) is 4.99 Å². The third-order valence-electron chi connectivity index (χ3n) is 2.42. The van der Waals surface area contributed by atoms with Crippen molar-refractivity contribution in [2.75, 3.05) is 5.88 Å². The molecular weight excluding hydrogens is 190 g/mol. The number of thioether (sulfide) groups is 1. The van der Waals surface area contributed by atoms with Crippen LogP contribution >= 0.6 is 11.8 Å². The zero-order valence-electron chi connectivity index (χ0n) is 7.60. The molecule has 0 atom stereocenters. The summed E-state index contributed by atoms with van der Waals surface area (Å²) in [5.74, 6) is 0.848. The second-order valence-corrected chi connectivity index (χ2v) is 4.25. The molecule has 0 aromatic heterocycles. The van der Waals surface area contributed by atoms with Crippen LogP contribution in [0.15, 0.2) is 46.3 Å². The van der Waals surface area contributed by atoms with Crippen molar-refractivity contribution in [2.45, 2.75) is 4.90 Å². The molecule has 0 N–H and O–H groups in total. The molecule has 0 amide bonds. The standard InChI is InChI=1S/C12H9NS/c1-2-4-11-9(3-1)5-6-10-7-13-8-14-12(10)11/h1-7H,8H2. The predicted molar refractivity (Wildman–Crippen MR) is 62.3 cm³/mol. The highest BCUT2D eigenvalue weighted by atomic mass is 32.2. The minimum Gasteiger partial charge on any atom is -0.281 e. The summed E-state index contributed by atoms with van der Waals surface area (Å²) in [4.78, 5) is 5.64. The molecule has 0 aliphatic carbocycles. The average Bonchev–Trinajstić information content (AvgIpc) is 2.29. The first-order valence-corrected chi connectivity index (χ1v) is 5.58. The lowest BCUT2D eigenvalue weighted by Gasteiger charge is -2.11. The Morgan fingerprint density at radius 2 is 2.00 bits per heavy atom. The number of hydrogen-bond donors (Lipinski definition) is 0. The summed E-state index contributed by atoms with van der Waals surface area (Å²) < 4.78 is 0. The van der Waals surface area contributed by atoms with Crippen LogP contribution in [0, 0.1) is 0 Å². The Morgan fingerprint density at radius 1 is 1.07 bits per heavy atom. The van der Waals surface area contributed by atoms with Crippen LogP contribution in [0.3, 0.4) is 0 Å². The molecule has 0 spiro atoms. The van der Waals surface area contributed by atoms with Crippen LogP contribution in [0.2, 0.25) is 0 Å². The van der Waals surface area contributed by atoms with Crippen LogP contribution in [-0.2, 0) is 0 Å². The van der Waals surface area contributed by atoms with Crippen LogP contribution in [0.5, 0.6) is 0 Å². The Bertz CT molecular complexity index is 517. The van der Waals surface area contributed by atoms with Gasteiger partial charge in [0, 0.05) is 16.7 Å². The topological polar surface area (TPSA) is 12.4 Å². The number of rotatable bonds is 0. The summed E-state index contributed by atoms with van der Waals surface area (Å²) in [7, 11) is 0. The zero-order chi connectivity index (χ0) is 9.38. The normalized spacial score (nSPS) is 14.3. The van der Waals surface area contributed by atoms with Gasteiger partial charge < -0.3 is 0 Å². The van der Waals surface area contributed by atoms with Gasteiger partial charge in [-0.15, -0.1) is 11.8 Å². The van der Waals surface area contributed by atoms with Gasteiger partial charge in [0.15, 0.2) is 0 Å². The smallest absolute Gasteiger partial charge is 0.0890 e. The van der Waals surface area contributed by atoms with Crippen molar-refractivity contribution < 1.29 is 0 Å². The van der Waals surface area contributed by atoms with Crippen LogP contribution in [0.4, 0.5) is 0 Å². The highest BCUT2D eigenvalue weighted by Crippen LogP contribution is 2.32. The fraction of sp³-hybridized carbons (Fsp3) is 0.0833. The average molecular weight is 199 g/mol. The quantitative estimate of drug-likeness (QED) is 0.634. The lowest BCUT2D eigenvalue weighted by Crippen LogP contribution is -1.94. The van der Waals surface area contributed by atoms with Gasteiger partial charge in [-0.1, -0.05) is 36.4 Å². The molecule has 0 radical (unpaired) electrons. The fourth-order valence-corrected chi connectivity index (χ4v) is 2.67. The van der Waals surface area contributed by atoms with E-state index in [1.807, 2.05) is 18.0 Å². The summed E-state index contributed by atoms with van der Waals surface area (Å²) in [5.41, 5.74) is 1.25. The van der Waals surface area contributed by atoms with Gasteiger partial charge in [-0.2, -0.15) is 0 Å². The summed E-state index contributed by atoms with van der Waals surface area (Å²) >= 11 is 1.82. The van der Waals surface area contributed by atoms with Gasteiger partial charge in [-0.3, -0.25) is 4.99 Å². The summed E-state index contributed by atoms with van der Waals surface area (Å²) in [6.45, 7) is 0. The molecule has 1 nitrogen and oxygen atoms in total. The molecule has 2 aromatic rings. The summed E-state index contributed by atoms with van der Waals surface area (Å²) in [6.07, 6.45) is 1.97. The van der Waals surface area contributed by atoms with E-state index in [4.69, 9.17) is 0 Å². The fourth-order valence-electron chi connectivity index (χ4n) is 1.76. The van der Waals surface area contributed by atoms with Gasteiger partial charge in [0.2, 0.25) is 0 Å². The van der Waals surface area contributed by atoms with Crippen LogP contribution in [0.25, 0.3) is 10.8 Å². The van der Waals surface area contributed by atoms with E-state index in [0.717, 1.165) is 5.88 Å². The number of nitrogens with zero attached hydrogens (tertiary/aromatic N) is 1. The molecule has 14 heavy (non-hydrogen) atoms. The maximum atomic E-state index is 4.26. The maximum absolute atomic E-state index is 4.26. The largest absolute Gasteiger partial charge is 0.281 e. The predicted octanol–water partition coefficient (Wildman–Crippen LogP) is 3.32. The van der Waals surface area contributed by atoms with Crippen LogP contribution in [-0.4, -0.2) is 12.1 Å². The minimum atomic E-state index is 0.848. The molecule has 1 aliphatic rings. The Hall–Kier alpha value is -1.28. The van der Waals surface area contributed by atoms with Crippen LogP contribution in [0.1, 0.15) is 5.56 Å². The second kappa shape index (κ2) is 3.14. The second-order valence-electron chi connectivity index (χ2n) is 3.29. The minimum absolute atomic E-state index is 0.848. The Kier molecular flexibility index (Phi) is 1.81. The molecular formula is C12H9NS. The number of aliphatic imine (C=N–C) groups is 1. The first-order chi connectivity index (χ1) is 6.95. The summed E-state index contributed by atoms with van der Waals surface area (Å²) in [5, 5.41) is 2.66. The molecule has 0 unspecified atom stereocenters. The van der Waals surface area contributed by atoms with Gasteiger partial charge >= 0.3 is 0 Å². The monoisotopic (exact) mass is 199 g/mol. The molecule has 0 fully saturated rings. The lowest BCUT2D eigenvalue weighted by molar-refractivity contribution is 1.33. The molecule has 0 bridgehead atoms. The molecule has 0 saturated heterocycles. The van der Waals surface area contributed by atoms with E-state index in [1.54, 1.807) is 0 Å². The number of benzene rings is 2. The Labute approximate surface area is 86.9 Å². The van der Waals surface area contributed by atoms with Crippen molar-refractivity contribution >= 4 is 28.7 Å². The van der Waals surface area contributed by atoms with E-state index in [2.05, 4.69) is 41.4 Å². The van der Waals surface area contributed by atoms with Crippen molar-refractivity contribution in [3.63, 3.8) is 0 Å². The third kappa shape index (κ3) is 1.15. The van der Waals surface area contributed by atoms with E-state index < -0.39 is 0 Å². The van der Waals surface area contributed by atoms with E-state index in [0.29, 0.717) is 0 Å². The third-order valence-corrected chi connectivity index (χ3v) is 3.45. The van der Waals surface area contributed by atoms with Crippen LogP contribution < -0.4 is 0 Å². The molecule has 2 aromatic carbocycles. The van der Waals surface area contributed by atoms with Gasteiger partial charge in [0.05, 0.1) is 5.88 Å². The zero-order valence-corrected chi connectivity index (χ0v) is 8.42. The van der Waals surface area contributed by atoms with Gasteiger partial charge in [-0.05, 0) is 10.8 Å². The first kappa shape index (κ1) is 8.06. The molecule has 1 heterocycles. The van der Waals surface area contributed by atoms with Gasteiger partial charge in [0.25, 0.3) is 0 Å². The van der Waals surface area contributed by atoms with E-state index in [-0.39, 0.29) is 0 Å².